The summed E-state index contributed by atoms with van der Waals surface area (Å²) in [6.45, 7) is 1.81. The zero-order valence-corrected chi connectivity index (χ0v) is 12.2. The van der Waals surface area contributed by atoms with Crippen LogP contribution in [0.2, 0.25) is 0 Å². The van der Waals surface area contributed by atoms with Crippen LogP contribution in [0.1, 0.15) is 46.7 Å². The fraction of sp³-hybridized carbons (Fsp3) is 0.500. The van der Waals surface area contributed by atoms with Gasteiger partial charge in [0.2, 0.25) is 0 Å². The third kappa shape index (κ3) is 2.66. The van der Waals surface area contributed by atoms with Crippen molar-refractivity contribution in [2.45, 2.75) is 37.0 Å². The van der Waals surface area contributed by atoms with Crippen LogP contribution in [0.3, 0.4) is 0 Å². The van der Waals surface area contributed by atoms with Crippen molar-refractivity contribution in [1.29, 1.82) is 0 Å². The molecule has 0 spiro atoms. The molecule has 1 saturated carbocycles. The van der Waals surface area contributed by atoms with E-state index >= 15 is 0 Å². The SMILES string of the molecule is COC(=O)c1cc(S(C)(=O)=O)c(C2CCC2)cc1C. The van der Waals surface area contributed by atoms with Gasteiger partial charge in [0.05, 0.1) is 17.6 Å². The van der Waals surface area contributed by atoms with Gasteiger partial charge in [-0.1, -0.05) is 12.5 Å². The van der Waals surface area contributed by atoms with Crippen molar-refractivity contribution in [2.24, 2.45) is 0 Å². The van der Waals surface area contributed by atoms with Crippen molar-refractivity contribution < 1.29 is 17.9 Å². The summed E-state index contributed by atoms with van der Waals surface area (Å²) in [6.07, 6.45) is 4.34. The Bertz CT molecular complexity index is 613. The van der Waals surface area contributed by atoms with Crippen LogP contribution < -0.4 is 0 Å². The third-order valence-electron chi connectivity index (χ3n) is 3.71. The largest absolute Gasteiger partial charge is 0.465 e. The molecule has 1 fully saturated rings. The van der Waals surface area contributed by atoms with E-state index in [2.05, 4.69) is 0 Å². The molecule has 0 bridgehead atoms. The number of ether oxygens (including phenoxy) is 1. The van der Waals surface area contributed by atoms with Gasteiger partial charge in [0.25, 0.3) is 0 Å². The maximum Gasteiger partial charge on any atom is 0.338 e. The molecule has 5 heteroatoms. The molecule has 0 radical (unpaired) electrons. The van der Waals surface area contributed by atoms with Crippen LogP contribution in [0.15, 0.2) is 17.0 Å². The molecule has 4 nitrogen and oxygen atoms in total. The molecule has 0 N–H and O–H groups in total. The summed E-state index contributed by atoms with van der Waals surface area (Å²) in [5.41, 5.74) is 1.94. The molecule has 1 aromatic carbocycles. The highest BCUT2D eigenvalue weighted by Gasteiger charge is 2.27. The molecular formula is C14H18O4S. The molecule has 1 aliphatic rings. The van der Waals surface area contributed by atoms with Gasteiger partial charge in [-0.15, -0.1) is 0 Å². The maximum absolute atomic E-state index is 11.9. The van der Waals surface area contributed by atoms with E-state index in [-0.39, 0.29) is 4.90 Å². The van der Waals surface area contributed by atoms with Crippen LogP contribution in [0.5, 0.6) is 0 Å². The number of methoxy groups -OCH3 is 1. The molecule has 19 heavy (non-hydrogen) atoms. The first-order valence-electron chi connectivity index (χ1n) is 6.27. The second-order valence-electron chi connectivity index (χ2n) is 5.10. The van der Waals surface area contributed by atoms with Crippen molar-refractivity contribution in [2.75, 3.05) is 13.4 Å². The molecule has 0 atom stereocenters. The third-order valence-corrected chi connectivity index (χ3v) is 4.86. The topological polar surface area (TPSA) is 60.4 Å². The van der Waals surface area contributed by atoms with E-state index in [1.54, 1.807) is 6.92 Å². The summed E-state index contributed by atoms with van der Waals surface area (Å²) in [5.74, 6) is -0.197. The number of aryl methyl sites for hydroxylation is 1. The van der Waals surface area contributed by atoms with Crippen LogP contribution in [-0.4, -0.2) is 27.8 Å². The standard InChI is InChI=1S/C14H18O4S/c1-9-7-12(10-5-4-6-10)13(19(3,16)17)8-11(9)14(15)18-2/h7-8,10H,4-6H2,1-3H3. The fourth-order valence-electron chi connectivity index (χ4n) is 2.40. The van der Waals surface area contributed by atoms with Crippen molar-refractivity contribution in [1.82, 2.24) is 0 Å². The molecule has 1 aliphatic carbocycles. The van der Waals surface area contributed by atoms with Crippen LogP contribution >= 0.6 is 0 Å². The fourth-order valence-corrected chi connectivity index (χ4v) is 3.39. The van der Waals surface area contributed by atoms with E-state index in [9.17, 15) is 13.2 Å². The van der Waals surface area contributed by atoms with Gasteiger partial charge >= 0.3 is 5.97 Å². The second-order valence-corrected chi connectivity index (χ2v) is 7.08. The van der Waals surface area contributed by atoms with Gasteiger partial charge in [-0.3, -0.25) is 0 Å². The molecule has 1 aromatic rings. The van der Waals surface area contributed by atoms with Crippen molar-refractivity contribution in [3.05, 3.63) is 28.8 Å². The number of hydrogen-bond acceptors (Lipinski definition) is 4. The number of carbonyl (C=O) groups is 1. The highest BCUT2D eigenvalue weighted by molar-refractivity contribution is 7.90. The molecule has 0 aliphatic heterocycles. The van der Waals surface area contributed by atoms with Crippen LogP contribution in [0.25, 0.3) is 0 Å². The zero-order chi connectivity index (χ0) is 14.2. The van der Waals surface area contributed by atoms with Crippen molar-refractivity contribution in [3.63, 3.8) is 0 Å². The van der Waals surface area contributed by atoms with Gasteiger partial charge in [0.15, 0.2) is 9.84 Å². The average molecular weight is 282 g/mol. The summed E-state index contributed by atoms with van der Waals surface area (Å²) in [6, 6.07) is 3.29. The highest BCUT2D eigenvalue weighted by atomic mass is 32.2. The Hall–Kier alpha value is -1.36. The van der Waals surface area contributed by atoms with Gasteiger partial charge in [0, 0.05) is 6.26 Å². The van der Waals surface area contributed by atoms with Gasteiger partial charge in [0.1, 0.15) is 0 Å². The normalized spacial score (nSPS) is 15.9. The van der Waals surface area contributed by atoms with E-state index in [4.69, 9.17) is 4.74 Å². The Balaban J connectivity index is 2.62. The summed E-state index contributed by atoms with van der Waals surface area (Å²) in [4.78, 5) is 11.9. The summed E-state index contributed by atoms with van der Waals surface area (Å²) < 4.78 is 28.5. The Labute approximate surface area is 113 Å². The predicted molar refractivity (Wildman–Crippen MR) is 72.2 cm³/mol. The lowest BCUT2D eigenvalue weighted by Gasteiger charge is -2.28. The first kappa shape index (κ1) is 14.1. The van der Waals surface area contributed by atoms with Crippen LogP contribution in [0, 0.1) is 6.92 Å². The number of esters is 1. The van der Waals surface area contributed by atoms with E-state index in [1.807, 2.05) is 6.07 Å². The molecule has 2 rings (SSSR count). The second kappa shape index (κ2) is 4.96. The molecule has 0 saturated heterocycles. The van der Waals surface area contributed by atoms with E-state index in [0.717, 1.165) is 30.4 Å². The minimum Gasteiger partial charge on any atom is -0.465 e. The quantitative estimate of drug-likeness (QED) is 0.799. The van der Waals surface area contributed by atoms with Gasteiger partial charge < -0.3 is 4.74 Å². The van der Waals surface area contributed by atoms with Gasteiger partial charge in [-0.25, -0.2) is 13.2 Å². The van der Waals surface area contributed by atoms with Gasteiger partial charge in [-0.2, -0.15) is 0 Å². The molecule has 0 heterocycles. The van der Waals surface area contributed by atoms with Crippen LogP contribution in [0.4, 0.5) is 0 Å². The highest BCUT2D eigenvalue weighted by Crippen LogP contribution is 2.40. The monoisotopic (exact) mass is 282 g/mol. The number of carbonyl (C=O) groups excluding carboxylic acids is 1. The first-order valence-corrected chi connectivity index (χ1v) is 8.16. The molecule has 104 valence electrons. The maximum atomic E-state index is 11.9. The number of sulfone groups is 1. The van der Waals surface area contributed by atoms with E-state index < -0.39 is 15.8 Å². The minimum absolute atomic E-state index is 0.267. The van der Waals surface area contributed by atoms with E-state index in [0.29, 0.717) is 11.5 Å². The Kier molecular flexibility index (Phi) is 3.67. The summed E-state index contributed by atoms with van der Waals surface area (Å²) in [7, 11) is -2.05. The molecule has 0 unspecified atom stereocenters. The Morgan fingerprint density at radius 3 is 2.37 bits per heavy atom. The first-order chi connectivity index (χ1) is 8.84. The number of rotatable bonds is 3. The zero-order valence-electron chi connectivity index (χ0n) is 11.4. The predicted octanol–water partition coefficient (Wildman–Crippen LogP) is 2.45. The van der Waals surface area contributed by atoms with Gasteiger partial charge in [-0.05, 0) is 42.9 Å². The Morgan fingerprint density at radius 2 is 1.95 bits per heavy atom. The summed E-state index contributed by atoms with van der Waals surface area (Å²) >= 11 is 0. The van der Waals surface area contributed by atoms with Crippen LogP contribution in [-0.2, 0) is 14.6 Å². The summed E-state index contributed by atoms with van der Waals surface area (Å²) in [5, 5.41) is 0. The average Bonchev–Trinajstić information content (AvgIpc) is 2.24. The van der Waals surface area contributed by atoms with Crippen molar-refractivity contribution >= 4 is 15.8 Å². The number of benzene rings is 1. The van der Waals surface area contributed by atoms with Crippen molar-refractivity contribution in [3.8, 4) is 0 Å². The van der Waals surface area contributed by atoms with E-state index in [1.165, 1.54) is 19.4 Å². The molecular weight excluding hydrogens is 264 g/mol. The lowest BCUT2D eigenvalue weighted by atomic mass is 9.79. The number of hydrogen-bond donors (Lipinski definition) is 0. The molecule has 0 amide bonds. The minimum atomic E-state index is -3.34. The smallest absolute Gasteiger partial charge is 0.338 e. The Morgan fingerprint density at radius 1 is 1.32 bits per heavy atom. The lowest BCUT2D eigenvalue weighted by Crippen LogP contribution is -2.16. The molecule has 0 aromatic heterocycles. The lowest BCUT2D eigenvalue weighted by molar-refractivity contribution is 0.0599.